The zero-order valence-corrected chi connectivity index (χ0v) is 19.2. The van der Waals surface area contributed by atoms with Crippen LogP contribution in [0.4, 0.5) is 0 Å². The number of nitrogens with zero attached hydrogens (tertiary/aromatic N) is 1. The molecule has 1 aliphatic rings. The minimum Gasteiger partial charge on any atom is -0.310 e. The van der Waals surface area contributed by atoms with Gasteiger partial charge in [0.2, 0.25) is 0 Å². The third kappa shape index (κ3) is 5.42. The van der Waals surface area contributed by atoms with E-state index < -0.39 is 0 Å². The standard InChI is InChI=1S/C29H30N2S/c1-2-8-23(9-3-1)22-31-18-16-27(17-19-31)30-21-26-12-6-7-13-29(26)32-28-15-14-24-10-4-5-11-25(24)20-28/h1-15,20,27,30H,16-19,21-22H2. The monoisotopic (exact) mass is 438 g/mol. The first-order valence-corrected chi connectivity index (χ1v) is 12.4. The van der Waals surface area contributed by atoms with Gasteiger partial charge in [-0.25, -0.2) is 0 Å². The van der Waals surface area contributed by atoms with E-state index in [1.807, 2.05) is 11.8 Å². The van der Waals surface area contributed by atoms with Gasteiger partial charge in [0, 0.05) is 28.9 Å². The Kier molecular flexibility index (Phi) is 6.88. The highest BCUT2D eigenvalue weighted by Gasteiger charge is 2.19. The fourth-order valence-corrected chi connectivity index (χ4v) is 5.49. The second-order valence-electron chi connectivity index (χ2n) is 8.64. The number of hydrogen-bond acceptors (Lipinski definition) is 3. The van der Waals surface area contributed by atoms with Crippen LogP contribution in [0.1, 0.15) is 24.0 Å². The van der Waals surface area contributed by atoms with Crippen molar-refractivity contribution in [2.75, 3.05) is 13.1 Å². The molecule has 1 aliphatic heterocycles. The van der Waals surface area contributed by atoms with E-state index in [0.717, 1.165) is 13.1 Å². The summed E-state index contributed by atoms with van der Waals surface area (Å²) in [6, 6.07) is 35.6. The molecule has 162 valence electrons. The SMILES string of the molecule is c1ccc(CN2CCC(NCc3ccccc3Sc3ccc4ccccc4c3)CC2)cc1. The fraction of sp³-hybridized carbons (Fsp3) is 0.241. The van der Waals surface area contributed by atoms with Crippen LogP contribution in [0.3, 0.4) is 0 Å². The Morgan fingerprint density at radius 2 is 1.47 bits per heavy atom. The number of piperidine rings is 1. The van der Waals surface area contributed by atoms with E-state index >= 15 is 0 Å². The second kappa shape index (κ2) is 10.4. The highest BCUT2D eigenvalue weighted by molar-refractivity contribution is 7.99. The molecule has 0 radical (unpaired) electrons. The van der Waals surface area contributed by atoms with E-state index in [1.165, 1.54) is 57.6 Å². The van der Waals surface area contributed by atoms with Crippen LogP contribution in [0.15, 0.2) is 107 Å². The summed E-state index contributed by atoms with van der Waals surface area (Å²) in [5.41, 5.74) is 2.80. The van der Waals surface area contributed by atoms with Gasteiger partial charge in [-0.3, -0.25) is 4.90 Å². The first-order valence-electron chi connectivity index (χ1n) is 11.6. The van der Waals surface area contributed by atoms with Gasteiger partial charge in [-0.05, 0) is 66.0 Å². The molecule has 0 saturated carbocycles. The zero-order valence-electron chi connectivity index (χ0n) is 18.4. The molecule has 32 heavy (non-hydrogen) atoms. The molecule has 2 nitrogen and oxygen atoms in total. The first-order chi connectivity index (χ1) is 15.8. The molecule has 0 amide bonds. The summed E-state index contributed by atoms with van der Waals surface area (Å²) < 4.78 is 0. The third-order valence-corrected chi connectivity index (χ3v) is 7.45. The van der Waals surface area contributed by atoms with Gasteiger partial charge in [0.1, 0.15) is 0 Å². The van der Waals surface area contributed by atoms with Crippen LogP contribution < -0.4 is 5.32 Å². The van der Waals surface area contributed by atoms with E-state index in [2.05, 4.69) is 107 Å². The predicted octanol–water partition coefficient (Wildman–Crippen LogP) is 6.75. The van der Waals surface area contributed by atoms with Crippen LogP contribution >= 0.6 is 11.8 Å². The van der Waals surface area contributed by atoms with Gasteiger partial charge >= 0.3 is 0 Å². The Morgan fingerprint density at radius 1 is 0.750 bits per heavy atom. The maximum Gasteiger partial charge on any atom is 0.0233 e. The summed E-state index contributed by atoms with van der Waals surface area (Å²) in [6.45, 7) is 4.33. The zero-order chi connectivity index (χ0) is 21.6. The lowest BCUT2D eigenvalue weighted by molar-refractivity contribution is 0.190. The largest absolute Gasteiger partial charge is 0.310 e. The molecule has 3 heteroatoms. The van der Waals surface area contributed by atoms with E-state index in [0.29, 0.717) is 6.04 Å². The molecule has 1 heterocycles. The summed E-state index contributed by atoms with van der Waals surface area (Å²) in [7, 11) is 0. The van der Waals surface area contributed by atoms with Crippen LogP contribution in [0.5, 0.6) is 0 Å². The average molecular weight is 439 g/mol. The second-order valence-corrected chi connectivity index (χ2v) is 9.75. The predicted molar refractivity (Wildman–Crippen MR) is 136 cm³/mol. The normalized spacial score (nSPS) is 15.2. The van der Waals surface area contributed by atoms with Crippen molar-refractivity contribution in [1.82, 2.24) is 10.2 Å². The van der Waals surface area contributed by atoms with Crippen molar-refractivity contribution in [3.8, 4) is 0 Å². The van der Waals surface area contributed by atoms with Gasteiger partial charge in [0.15, 0.2) is 0 Å². The van der Waals surface area contributed by atoms with E-state index in [1.54, 1.807) is 0 Å². The summed E-state index contributed by atoms with van der Waals surface area (Å²) in [5, 5.41) is 6.44. The lowest BCUT2D eigenvalue weighted by Crippen LogP contribution is -2.41. The smallest absolute Gasteiger partial charge is 0.0233 e. The molecule has 0 spiro atoms. The Hall–Kier alpha value is -2.59. The van der Waals surface area contributed by atoms with Crippen molar-refractivity contribution < 1.29 is 0 Å². The maximum absolute atomic E-state index is 3.84. The van der Waals surface area contributed by atoms with Gasteiger partial charge < -0.3 is 5.32 Å². The molecule has 0 atom stereocenters. The van der Waals surface area contributed by atoms with Gasteiger partial charge in [0.25, 0.3) is 0 Å². The van der Waals surface area contributed by atoms with Crippen molar-refractivity contribution in [2.24, 2.45) is 0 Å². The number of hydrogen-bond donors (Lipinski definition) is 1. The molecular formula is C29H30N2S. The number of rotatable bonds is 7. The van der Waals surface area contributed by atoms with Gasteiger partial charge in [-0.2, -0.15) is 0 Å². The minimum absolute atomic E-state index is 0.598. The summed E-state index contributed by atoms with van der Waals surface area (Å²) in [4.78, 5) is 5.22. The molecule has 4 aromatic rings. The Bertz CT molecular complexity index is 1150. The third-order valence-electron chi connectivity index (χ3n) is 6.34. The summed E-state index contributed by atoms with van der Waals surface area (Å²) >= 11 is 1.87. The van der Waals surface area contributed by atoms with Crippen molar-refractivity contribution in [1.29, 1.82) is 0 Å². The maximum atomic E-state index is 3.84. The molecule has 1 N–H and O–H groups in total. The summed E-state index contributed by atoms with van der Waals surface area (Å²) in [5.74, 6) is 0. The number of benzene rings is 4. The molecule has 4 aromatic carbocycles. The number of fused-ring (bicyclic) bond motifs is 1. The van der Waals surface area contributed by atoms with Crippen LogP contribution in [-0.4, -0.2) is 24.0 Å². The van der Waals surface area contributed by atoms with Crippen LogP contribution in [-0.2, 0) is 13.1 Å². The van der Waals surface area contributed by atoms with Crippen LogP contribution in [0, 0.1) is 0 Å². The molecule has 1 saturated heterocycles. The van der Waals surface area contributed by atoms with Crippen LogP contribution in [0.25, 0.3) is 10.8 Å². The van der Waals surface area contributed by atoms with Crippen molar-refractivity contribution in [2.45, 2.75) is 41.8 Å². The van der Waals surface area contributed by atoms with Crippen molar-refractivity contribution in [3.05, 3.63) is 108 Å². The fourth-order valence-electron chi connectivity index (χ4n) is 4.50. The van der Waals surface area contributed by atoms with Crippen molar-refractivity contribution in [3.63, 3.8) is 0 Å². The minimum atomic E-state index is 0.598. The van der Waals surface area contributed by atoms with Gasteiger partial charge in [-0.15, -0.1) is 0 Å². The Balaban J connectivity index is 1.17. The topological polar surface area (TPSA) is 15.3 Å². The molecular weight excluding hydrogens is 408 g/mol. The molecule has 0 bridgehead atoms. The van der Waals surface area contributed by atoms with Gasteiger partial charge in [-0.1, -0.05) is 90.6 Å². The van der Waals surface area contributed by atoms with Crippen LogP contribution in [0.2, 0.25) is 0 Å². The Morgan fingerprint density at radius 3 is 2.31 bits per heavy atom. The molecule has 5 rings (SSSR count). The number of likely N-dealkylation sites (tertiary alicyclic amines) is 1. The van der Waals surface area contributed by atoms with Crippen molar-refractivity contribution >= 4 is 22.5 Å². The van der Waals surface area contributed by atoms with E-state index in [4.69, 9.17) is 0 Å². The lowest BCUT2D eigenvalue weighted by Gasteiger charge is -2.32. The number of nitrogens with one attached hydrogen (secondary N) is 1. The molecule has 1 fully saturated rings. The van der Waals surface area contributed by atoms with Gasteiger partial charge in [0.05, 0.1) is 0 Å². The molecule has 0 aliphatic carbocycles. The van der Waals surface area contributed by atoms with E-state index in [-0.39, 0.29) is 0 Å². The first kappa shape index (κ1) is 21.3. The van der Waals surface area contributed by atoms with E-state index in [9.17, 15) is 0 Å². The highest BCUT2D eigenvalue weighted by Crippen LogP contribution is 2.32. The lowest BCUT2D eigenvalue weighted by atomic mass is 10.0. The average Bonchev–Trinajstić information content (AvgIpc) is 2.85. The molecule has 0 unspecified atom stereocenters. The molecule has 0 aromatic heterocycles. The highest BCUT2D eigenvalue weighted by atomic mass is 32.2. The quantitative estimate of drug-likeness (QED) is 0.344. The summed E-state index contributed by atoms with van der Waals surface area (Å²) in [6.07, 6.45) is 2.43. The Labute approximate surface area is 195 Å².